The molecular weight excluding hydrogens is 353 g/mol. The summed E-state index contributed by atoms with van der Waals surface area (Å²) >= 11 is 0. The monoisotopic (exact) mass is 385 g/mol. The predicted molar refractivity (Wildman–Crippen MR) is 109 cm³/mol. The van der Waals surface area contributed by atoms with Crippen LogP contribution in [0.5, 0.6) is 0 Å². The fourth-order valence-electron chi connectivity index (χ4n) is 6.85. The van der Waals surface area contributed by atoms with Crippen molar-refractivity contribution in [3.63, 3.8) is 0 Å². The number of halogens is 1. The molecule has 4 nitrogen and oxygen atoms in total. The molecule has 0 spiro atoms. The zero-order valence-corrected chi connectivity index (χ0v) is 16.9. The first kappa shape index (κ1) is 18.4. The number of hydrogen-bond acceptors (Lipinski definition) is 3. The van der Waals surface area contributed by atoms with Gasteiger partial charge in [-0.3, -0.25) is 9.69 Å². The highest BCUT2D eigenvalue weighted by atomic mass is 19.1. The SMILES string of the molecule is CC(C(=O)NC12CC3CC(CC(C3)C1)C2)N1CCN(c2ccccc2F)CC1. The van der Waals surface area contributed by atoms with Crippen LogP contribution in [0.1, 0.15) is 45.4 Å². The zero-order chi connectivity index (χ0) is 19.3. The van der Waals surface area contributed by atoms with E-state index in [0.717, 1.165) is 43.9 Å². The van der Waals surface area contributed by atoms with Crippen LogP contribution in [0.3, 0.4) is 0 Å². The average molecular weight is 386 g/mol. The summed E-state index contributed by atoms with van der Waals surface area (Å²) in [5, 5.41) is 3.52. The van der Waals surface area contributed by atoms with Crippen LogP contribution in [0, 0.1) is 23.6 Å². The number of amides is 1. The maximum absolute atomic E-state index is 14.1. The van der Waals surface area contributed by atoms with Gasteiger partial charge in [-0.1, -0.05) is 12.1 Å². The largest absolute Gasteiger partial charge is 0.367 e. The first-order chi connectivity index (χ1) is 13.5. The Morgan fingerprint density at radius 3 is 2.18 bits per heavy atom. The molecule has 4 saturated carbocycles. The van der Waals surface area contributed by atoms with Crippen LogP contribution in [-0.2, 0) is 4.79 Å². The number of hydrogen-bond donors (Lipinski definition) is 1. The van der Waals surface area contributed by atoms with Gasteiger partial charge in [-0.15, -0.1) is 0 Å². The van der Waals surface area contributed by atoms with Gasteiger partial charge in [0.05, 0.1) is 11.7 Å². The topological polar surface area (TPSA) is 35.6 Å². The lowest BCUT2D eigenvalue weighted by Gasteiger charge is -2.57. The number of para-hydroxylation sites is 1. The molecular formula is C23H32FN3O. The van der Waals surface area contributed by atoms with Gasteiger partial charge in [0.2, 0.25) is 5.91 Å². The molecule has 5 fully saturated rings. The Labute approximate surface area is 167 Å². The Morgan fingerprint density at radius 2 is 1.61 bits per heavy atom. The maximum Gasteiger partial charge on any atom is 0.237 e. The van der Waals surface area contributed by atoms with Crippen LogP contribution >= 0.6 is 0 Å². The molecule has 1 heterocycles. The van der Waals surface area contributed by atoms with E-state index in [1.165, 1.54) is 44.6 Å². The molecule has 1 N–H and O–H groups in total. The molecule has 1 aromatic rings. The van der Waals surface area contributed by atoms with E-state index in [2.05, 4.69) is 15.1 Å². The van der Waals surface area contributed by atoms with E-state index in [1.54, 1.807) is 6.07 Å². The highest BCUT2D eigenvalue weighted by Crippen LogP contribution is 2.55. The van der Waals surface area contributed by atoms with Crippen molar-refractivity contribution in [2.45, 2.75) is 57.0 Å². The second kappa shape index (κ2) is 7.01. The fraction of sp³-hybridized carbons (Fsp3) is 0.696. The molecule has 1 aromatic carbocycles. The molecule has 6 rings (SSSR count). The normalized spacial score (nSPS) is 35.8. The van der Waals surface area contributed by atoms with Gasteiger partial charge in [0.15, 0.2) is 0 Å². The van der Waals surface area contributed by atoms with Crippen molar-refractivity contribution in [1.29, 1.82) is 0 Å². The van der Waals surface area contributed by atoms with Crippen LogP contribution in [0.4, 0.5) is 10.1 Å². The van der Waals surface area contributed by atoms with Crippen molar-refractivity contribution >= 4 is 11.6 Å². The number of carbonyl (C=O) groups is 1. The van der Waals surface area contributed by atoms with E-state index >= 15 is 0 Å². The van der Waals surface area contributed by atoms with E-state index in [4.69, 9.17) is 0 Å². The maximum atomic E-state index is 14.1. The summed E-state index contributed by atoms with van der Waals surface area (Å²) in [6.45, 7) is 5.15. The zero-order valence-electron chi connectivity index (χ0n) is 16.9. The molecule has 1 unspecified atom stereocenters. The molecule has 4 aliphatic carbocycles. The number of anilines is 1. The van der Waals surface area contributed by atoms with Gasteiger partial charge < -0.3 is 10.2 Å². The van der Waals surface area contributed by atoms with Gasteiger partial charge in [0.1, 0.15) is 5.82 Å². The quantitative estimate of drug-likeness (QED) is 0.863. The third-order valence-electron chi connectivity index (χ3n) is 7.86. The minimum Gasteiger partial charge on any atom is -0.367 e. The van der Waals surface area contributed by atoms with E-state index < -0.39 is 0 Å². The molecule has 1 atom stereocenters. The average Bonchev–Trinajstić information content (AvgIpc) is 2.66. The van der Waals surface area contributed by atoms with Crippen LogP contribution in [0.25, 0.3) is 0 Å². The van der Waals surface area contributed by atoms with E-state index in [0.29, 0.717) is 5.69 Å². The van der Waals surface area contributed by atoms with E-state index in [1.807, 2.05) is 19.1 Å². The van der Waals surface area contributed by atoms with Crippen molar-refractivity contribution < 1.29 is 9.18 Å². The van der Waals surface area contributed by atoms with Gasteiger partial charge >= 0.3 is 0 Å². The molecule has 152 valence electrons. The van der Waals surface area contributed by atoms with Crippen molar-refractivity contribution in [3.8, 4) is 0 Å². The van der Waals surface area contributed by atoms with Crippen molar-refractivity contribution in [3.05, 3.63) is 30.1 Å². The Balaban J connectivity index is 1.19. The minimum absolute atomic E-state index is 0.0785. The fourth-order valence-corrected chi connectivity index (χ4v) is 6.85. The van der Waals surface area contributed by atoms with Crippen LogP contribution in [0.2, 0.25) is 0 Å². The van der Waals surface area contributed by atoms with E-state index in [-0.39, 0.29) is 23.3 Å². The van der Waals surface area contributed by atoms with Gasteiger partial charge in [-0.05, 0) is 75.3 Å². The number of nitrogens with zero attached hydrogens (tertiary/aromatic N) is 2. The lowest BCUT2D eigenvalue weighted by atomic mass is 9.53. The highest BCUT2D eigenvalue weighted by molar-refractivity contribution is 5.82. The Hall–Kier alpha value is -1.62. The molecule has 0 radical (unpaired) electrons. The number of carbonyl (C=O) groups excluding carboxylic acids is 1. The first-order valence-electron chi connectivity index (χ1n) is 11.1. The van der Waals surface area contributed by atoms with Crippen LogP contribution < -0.4 is 10.2 Å². The molecule has 1 aliphatic heterocycles. The lowest BCUT2D eigenvalue weighted by molar-refractivity contribution is -0.131. The molecule has 4 bridgehead atoms. The summed E-state index contributed by atoms with van der Waals surface area (Å²) in [5.74, 6) is 2.55. The Morgan fingerprint density at radius 1 is 1.04 bits per heavy atom. The van der Waals surface area contributed by atoms with Gasteiger partial charge in [0, 0.05) is 31.7 Å². The summed E-state index contributed by atoms with van der Waals surface area (Å²) in [6, 6.07) is 6.85. The summed E-state index contributed by atoms with van der Waals surface area (Å²) in [4.78, 5) is 17.5. The van der Waals surface area contributed by atoms with Gasteiger partial charge in [-0.25, -0.2) is 4.39 Å². The summed E-state index contributed by atoms with van der Waals surface area (Å²) in [7, 11) is 0. The lowest BCUT2D eigenvalue weighted by Crippen LogP contribution is -2.63. The number of benzene rings is 1. The van der Waals surface area contributed by atoms with Crippen LogP contribution in [-0.4, -0.2) is 48.6 Å². The molecule has 5 aliphatic rings. The summed E-state index contributed by atoms with van der Waals surface area (Å²) < 4.78 is 14.1. The Kier molecular flexibility index (Phi) is 4.61. The van der Waals surface area contributed by atoms with Crippen LogP contribution in [0.15, 0.2) is 24.3 Å². The highest BCUT2D eigenvalue weighted by Gasteiger charge is 2.51. The number of nitrogens with one attached hydrogen (secondary N) is 1. The number of piperazine rings is 1. The molecule has 5 heteroatoms. The second-order valence-corrected chi connectivity index (χ2v) is 9.84. The van der Waals surface area contributed by atoms with Crippen molar-refractivity contribution in [2.75, 3.05) is 31.1 Å². The molecule has 0 aromatic heterocycles. The predicted octanol–water partition coefficient (Wildman–Crippen LogP) is 3.42. The number of rotatable bonds is 4. The van der Waals surface area contributed by atoms with Gasteiger partial charge in [-0.2, -0.15) is 0 Å². The molecule has 1 amide bonds. The second-order valence-electron chi connectivity index (χ2n) is 9.84. The standard InChI is InChI=1S/C23H32FN3O/c1-16(26-6-8-27(9-7-26)21-5-3-2-4-20(21)24)22(28)25-23-13-17-10-18(14-23)12-19(11-17)15-23/h2-5,16-19H,6-15H2,1H3,(H,25,28). The minimum atomic E-state index is -0.163. The Bertz CT molecular complexity index is 708. The van der Waals surface area contributed by atoms with Gasteiger partial charge in [0.25, 0.3) is 0 Å². The summed E-state index contributed by atoms with van der Waals surface area (Å²) in [5.41, 5.74) is 0.752. The van der Waals surface area contributed by atoms with E-state index in [9.17, 15) is 9.18 Å². The van der Waals surface area contributed by atoms with Crippen molar-refractivity contribution in [2.24, 2.45) is 17.8 Å². The molecule has 28 heavy (non-hydrogen) atoms. The third-order valence-corrected chi connectivity index (χ3v) is 7.86. The van der Waals surface area contributed by atoms with Crippen molar-refractivity contribution in [1.82, 2.24) is 10.2 Å². The summed E-state index contributed by atoms with van der Waals surface area (Å²) in [6.07, 6.45) is 7.75. The molecule has 1 saturated heterocycles. The smallest absolute Gasteiger partial charge is 0.237 e. The first-order valence-corrected chi connectivity index (χ1v) is 11.1. The third kappa shape index (κ3) is 3.32.